The summed E-state index contributed by atoms with van der Waals surface area (Å²) in [6, 6.07) is 7.16. The normalized spacial score (nSPS) is 20.2. The van der Waals surface area contributed by atoms with E-state index in [1.165, 1.54) is 11.0 Å². The van der Waals surface area contributed by atoms with E-state index in [1.807, 2.05) is 0 Å². The first kappa shape index (κ1) is 35.1. The zero-order chi connectivity index (χ0) is 34.7. The van der Waals surface area contributed by atoms with Gasteiger partial charge in [0, 0.05) is 6.54 Å². The molecule has 0 aliphatic carbocycles. The molecule has 0 bridgehead atoms. The highest BCUT2D eigenvalue weighted by Gasteiger charge is 2.53. The maximum Gasteiger partial charge on any atom is 0.416 e. The number of carbonyl (C=O) groups is 4. The Morgan fingerprint density at radius 3 is 2.11 bits per heavy atom. The maximum absolute atomic E-state index is 13.8. The molecule has 0 radical (unpaired) electrons. The van der Waals surface area contributed by atoms with E-state index >= 15 is 0 Å². The fraction of sp³-hybridized carbons (Fsp3) is 0.419. The molecule has 2 aliphatic heterocycles. The monoisotopic (exact) mass is 670 g/mol. The van der Waals surface area contributed by atoms with Gasteiger partial charge in [-0.05, 0) is 35.2 Å². The fourth-order valence-corrected chi connectivity index (χ4v) is 5.48. The molecule has 1 N–H and O–H groups in total. The minimum Gasteiger partial charge on any atom is -0.445 e. The number of fused-ring (bicyclic) bond motifs is 1. The summed E-state index contributed by atoms with van der Waals surface area (Å²) in [7, 11) is 0. The third kappa shape index (κ3) is 8.16. The standard InChI is InChI=1S/C31H32F6N4O6/c1-4-10-46-28(44)38-23-15-40(29(45)47-17-20-11-21(30(32,33)34)13-22(12-20)31(35,36)37)24-16-39(14-19-8-6-5-7-9-19)27(43)25(18(2)3)41(24)26(23)42/h4-9,11-13,18,23-25H,1,10,14-17H2,2-3H3,(H,38,44)/t23-,24?,25-/m0/s1. The van der Waals surface area contributed by atoms with Gasteiger partial charge in [-0.15, -0.1) is 0 Å². The number of amides is 4. The lowest BCUT2D eigenvalue weighted by Crippen LogP contribution is -2.76. The van der Waals surface area contributed by atoms with E-state index < -0.39 is 90.4 Å². The summed E-state index contributed by atoms with van der Waals surface area (Å²) in [4.78, 5) is 57.1. The van der Waals surface area contributed by atoms with Crippen LogP contribution in [0.5, 0.6) is 0 Å². The number of rotatable bonds is 8. The van der Waals surface area contributed by atoms with Crippen molar-refractivity contribution in [3.63, 3.8) is 0 Å². The summed E-state index contributed by atoms with van der Waals surface area (Å²) in [6.45, 7) is 5.01. The van der Waals surface area contributed by atoms with E-state index in [4.69, 9.17) is 9.47 Å². The number of carbonyl (C=O) groups excluding carboxylic acids is 4. The SMILES string of the molecule is C=CCOC(=O)N[C@H]1CN(C(=O)OCc2cc(C(F)(F)F)cc(C(F)(F)F)c2)C2CN(Cc3ccccc3)C(=O)[C@H](C(C)C)N2C1=O. The Balaban J connectivity index is 1.67. The number of benzene rings is 2. The molecule has 2 aromatic rings. The number of hydrogen-bond donors (Lipinski definition) is 1. The smallest absolute Gasteiger partial charge is 0.416 e. The summed E-state index contributed by atoms with van der Waals surface area (Å²) in [6.07, 6.45) is -12.3. The van der Waals surface area contributed by atoms with Gasteiger partial charge in [-0.2, -0.15) is 26.3 Å². The molecular weight excluding hydrogens is 638 g/mol. The molecule has 0 aromatic heterocycles. The molecule has 4 rings (SSSR count). The van der Waals surface area contributed by atoms with Crippen molar-refractivity contribution in [2.75, 3.05) is 19.7 Å². The first-order valence-corrected chi connectivity index (χ1v) is 14.4. The van der Waals surface area contributed by atoms with Gasteiger partial charge in [0.05, 0.1) is 24.2 Å². The highest BCUT2D eigenvalue weighted by molar-refractivity contribution is 5.94. The molecule has 0 spiro atoms. The van der Waals surface area contributed by atoms with E-state index in [2.05, 4.69) is 11.9 Å². The quantitative estimate of drug-likeness (QED) is 0.307. The summed E-state index contributed by atoms with van der Waals surface area (Å²) < 4.78 is 90.5. The van der Waals surface area contributed by atoms with Crippen molar-refractivity contribution in [2.45, 2.75) is 57.6 Å². The Labute approximate surface area is 265 Å². The van der Waals surface area contributed by atoms with Gasteiger partial charge in [0.1, 0.15) is 31.5 Å². The van der Waals surface area contributed by atoms with Crippen molar-refractivity contribution < 1.29 is 55.0 Å². The minimum absolute atomic E-state index is 0.0480. The van der Waals surface area contributed by atoms with Gasteiger partial charge in [-0.3, -0.25) is 14.5 Å². The van der Waals surface area contributed by atoms with E-state index in [9.17, 15) is 45.5 Å². The van der Waals surface area contributed by atoms with Crippen LogP contribution >= 0.6 is 0 Å². The molecule has 2 aromatic carbocycles. The summed E-state index contributed by atoms with van der Waals surface area (Å²) in [5.74, 6) is -1.61. The number of alkyl carbamates (subject to hydrolysis) is 1. The zero-order valence-corrected chi connectivity index (χ0v) is 25.3. The van der Waals surface area contributed by atoms with Gasteiger partial charge in [0.2, 0.25) is 11.8 Å². The second-order valence-corrected chi connectivity index (χ2v) is 11.3. The van der Waals surface area contributed by atoms with Crippen LogP contribution in [0.2, 0.25) is 0 Å². The third-order valence-corrected chi connectivity index (χ3v) is 7.58. The summed E-state index contributed by atoms with van der Waals surface area (Å²) in [5, 5.41) is 2.34. The number of nitrogens with zero attached hydrogens (tertiary/aromatic N) is 3. The van der Waals surface area contributed by atoms with Gasteiger partial charge in [-0.25, -0.2) is 9.59 Å². The van der Waals surface area contributed by atoms with E-state index in [0.29, 0.717) is 12.1 Å². The van der Waals surface area contributed by atoms with Crippen molar-refractivity contribution in [2.24, 2.45) is 5.92 Å². The molecule has 3 atom stereocenters. The number of alkyl halides is 6. The van der Waals surface area contributed by atoms with Crippen molar-refractivity contribution in [1.29, 1.82) is 0 Å². The first-order valence-electron chi connectivity index (χ1n) is 14.4. The van der Waals surface area contributed by atoms with Crippen LogP contribution in [0.4, 0.5) is 35.9 Å². The van der Waals surface area contributed by atoms with Crippen LogP contribution in [-0.2, 0) is 44.6 Å². The number of hydrogen-bond acceptors (Lipinski definition) is 6. The Morgan fingerprint density at radius 2 is 1.55 bits per heavy atom. The van der Waals surface area contributed by atoms with Crippen LogP contribution in [0.25, 0.3) is 0 Å². The second-order valence-electron chi connectivity index (χ2n) is 11.3. The predicted molar refractivity (Wildman–Crippen MR) is 153 cm³/mol. The third-order valence-electron chi connectivity index (χ3n) is 7.58. The first-order chi connectivity index (χ1) is 22.0. The van der Waals surface area contributed by atoms with Crippen LogP contribution < -0.4 is 5.32 Å². The van der Waals surface area contributed by atoms with Crippen LogP contribution in [0.3, 0.4) is 0 Å². The highest BCUT2D eigenvalue weighted by Crippen LogP contribution is 2.37. The van der Waals surface area contributed by atoms with Crippen molar-refractivity contribution >= 4 is 24.0 Å². The number of halogens is 6. The van der Waals surface area contributed by atoms with Crippen LogP contribution in [0.1, 0.15) is 36.1 Å². The molecule has 2 aliphatic rings. The molecule has 1 unspecified atom stereocenters. The fourth-order valence-electron chi connectivity index (χ4n) is 5.48. The van der Waals surface area contributed by atoms with Crippen LogP contribution in [-0.4, -0.2) is 76.6 Å². The number of ether oxygens (including phenoxy) is 2. The van der Waals surface area contributed by atoms with E-state index in [0.717, 1.165) is 15.4 Å². The molecule has 4 amide bonds. The minimum atomic E-state index is -5.12. The molecule has 254 valence electrons. The Kier molecular flexibility index (Phi) is 10.4. The lowest BCUT2D eigenvalue weighted by Gasteiger charge is -2.54. The Morgan fingerprint density at radius 1 is 0.936 bits per heavy atom. The molecule has 2 fully saturated rings. The van der Waals surface area contributed by atoms with Gasteiger partial charge in [0.25, 0.3) is 0 Å². The average molecular weight is 671 g/mol. The summed E-state index contributed by atoms with van der Waals surface area (Å²) >= 11 is 0. The predicted octanol–water partition coefficient (Wildman–Crippen LogP) is 5.18. The van der Waals surface area contributed by atoms with E-state index in [-0.39, 0.29) is 25.8 Å². The average Bonchev–Trinajstić information content (AvgIpc) is 3.00. The molecule has 2 saturated heterocycles. The largest absolute Gasteiger partial charge is 0.445 e. The van der Waals surface area contributed by atoms with Crippen molar-refractivity contribution in [3.05, 3.63) is 83.4 Å². The summed E-state index contributed by atoms with van der Waals surface area (Å²) in [5.41, 5.74) is -3.00. The molecule has 47 heavy (non-hydrogen) atoms. The maximum atomic E-state index is 13.8. The number of nitrogens with one attached hydrogen (secondary N) is 1. The lowest BCUT2D eigenvalue weighted by atomic mass is 9.93. The van der Waals surface area contributed by atoms with Crippen molar-refractivity contribution in [1.82, 2.24) is 20.0 Å². The topological polar surface area (TPSA) is 108 Å². The van der Waals surface area contributed by atoms with Gasteiger partial charge in [-0.1, -0.05) is 56.8 Å². The molecule has 2 heterocycles. The van der Waals surface area contributed by atoms with Crippen LogP contribution in [0, 0.1) is 5.92 Å². The molecule has 16 heteroatoms. The van der Waals surface area contributed by atoms with Gasteiger partial charge in [0.15, 0.2) is 0 Å². The molecule has 10 nitrogen and oxygen atoms in total. The van der Waals surface area contributed by atoms with Crippen molar-refractivity contribution in [3.8, 4) is 0 Å². The zero-order valence-electron chi connectivity index (χ0n) is 25.3. The lowest BCUT2D eigenvalue weighted by molar-refractivity contribution is -0.173. The number of piperazine rings is 1. The van der Waals surface area contributed by atoms with Gasteiger partial charge < -0.3 is 24.6 Å². The van der Waals surface area contributed by atoms with Gasteiger partial charge >= 0.3 is 24.5 Å². The van der Waals surface area contributed by atoms with E-state index in [1.54, 1.807) is 44.2 Å². The molecule has 0 saturated carbocycles. The highest BCUT2D eigenvalue weighted by atomic mass is 19.4. The Hall–Kier alpha value is -4.76. The molecular formula is C31H32F6N4O6. The van der Waals surface area contributed by atoms with Crippen LogP contribution in [0.15, 0.2) is 61.2 Å². The Bertz CT molecular complexity index is 1470. The second kappa shape index (κ2) is 13.9.